The molecule has 0 bridgehead atoms. The van der Waals surface area contributed by atoms with E-state index in [1.807, 2.05) is 23.1 Å². The van der Waals surface area contributed by atoms with Crippen molar-refractivity contribution in [2.24, 2.45) is 17.3 Å². The number of aliphatic hydroxyl groups is 1. The molecule has 0 heterocycles. The average molecular weight is 416 g/mol. The summed E-state index contributed by atoms with van der Waals surface area (Å²) in [7, 11) is 1.00. The molecule has 2 atom stereocenters. The van der Waals surface area contributed by atoms with Crippen LogP contribution in [0.25, 0.3) is 0 Å². The van der Waals surface area contributed by atoms with Gasteiger partial charge in [-0.25, -0.2) is 0 Å². The lowest BCUT2D eigenvalue weighted by Crippen LogP contribution is -2.48. The number of carbonyl (C=O) groups excluding carboxylic acids is 1. The van der Waals surface area contributed by atoms with Crippen molar-refractivity contribution in [2.45, 2.75) is 26.3 Å². The van der Waals surface area contributed by atoms with Gasteiger partial charge >= 0.3 is 0 Å². The van der Waals surface area contributed by atoms with Crippen molar-refractivity contribution in [1.82, 2.24) is 4.90 Å². The van der Waals surface area contributed by atoms with Crippen molar-refractivity contribution < 1.29 is 9.90 Å². The molecule has 1 amide bonds. The van der Waals surface area contributed by atoms with E-state index < -0.39 is 5.54 Å². The predicted molar refractivity (Wildman–Crippen MR) is 127 cm³/mol. The zero-order chi connectivity index (χ0) is 22.5. The van der Waals surface area contributed by atoms with Crippen molar-refractivity contribution in [3.8, 4) is 0 Å². The minimum absolute atomic E-state index is 0.261. The second-order valence-electron chi connectivity index (χ2n) is 8.78. The topological polar surface area (TPSA) is 40.5 Å². The highest BCUT2D eigenvalue weighted by atomic mass is 16.2. The van der Waals surface area contributed by atoms with Crippen LogP contribution in [0.3, 0.4) is 0 Å². The second kappa shape index (κ2) is 9.49. The maximum atomic E-state index is 12.7. The third-order valence-electron chi connectivity index (χ3n) is 7.15. The predicted octanol–water partition coefficient (Wildman–Crippen LogP) is 5.34. The van der Waals surface area contributed by atoms with Crippen molar-refractivity contribution in [1.29, 1.82) is 0 Å². The summed E-state index contributed by atoms with van der Waals surface area (Å²) >= 11 is 0. The number of hydrogen-bond donors (Lipinski definition) is 1. The van der Waals surface area contributed by atoms with Gasteiger partial charge in [0.2, 0.25) is 6.41 Å². The van der Waals surface area contributed by atoms with Crippen LogP contribution in [-0.4, -0.2) is 30.1 Å². The van der Waals surface area contributed by atoms with Crippen LogP contribution in [0.4, 0.5) is 0 Å². The Morgan fingerprint density at radius 2 is 1.13 bits per heavy atom. The van der Waals surface area contributed by atoms with Crippen LogP contribution in [0.2, 0.25) is 0 Å². The molecule has 162 valence electrons. The van der Waals surface area contributed by atoms with Gasteiger partial charge in [-0.05, 0) is 33.9 Å². The molecular weight excluding hydrogens is 382 g/mol. The molecule has 3 aromatic rings. The summed E-state index contributed by atoms with van der Waals surface area (Å²) in [5.41, 5.74) is 2.92. The summed E-state index contributed by atoms with van der Waals surface area (Å²) in [5, 5.41) is 7.00. The molecule has 4 rings (SSSR count). The van der Waals surface area contributed by atoms with Crippen LogP contribution >= 0.6 is 0 Å². The monoisotopic (exact) mass is 415 g/mol. The number of rotatable bonds is 7. The van der Waals surface area contributed by atoms with Crippen LogP contribution in [-0.2, 0) is 10.3 Å². The van der Waals surface area contributed by atoms with E-state index in [4.69, 9.17) is 5.11 Å². The Balaban J connectivity index is 0.00000132. The molecule has 1 aliphatic carbocycles. The molecule has 1 saturated carbocycles. The molecular formula is C28H33NO2. The largest absolute Gasteiger partial charge is 0.400 e. The average Bonchev–Trinajstić information content (AvgIpc) is 3.32. The molecule has 0 aliphatic heterocycles. The SMILES string of the molecule is CC1C(CN(C=O)C(c2ccccc2)(c2ccccc2)c2ccccc2)C1(C)C.CO. The second-order valence-corrected chi connectivity index (χ2v) is 8.78. The van der Waals surface area contributed by atoms with E-state index in [2.05, 4.69) is 93.6 Å². The number of benzene rings is 3. The summed E-state index contributed by atoms with van der Waals surface area (Å²) in [6.45, 7) is 7.64. The van der Waals surface area contributed by atoms with E-state index in [1.54, 1.807) is 0 Å². The molecule has 3 aromatic carbocycles. The van der Waals surface area contributed by atoms with Gasteiger partial charge in [0.1, 0.15) is 5.54 Å². The van der Waals surface area contributed by atoms with Gasteiger partial charge in [0.25, 0.3) is 0 Å². The Labute approximate surface area is 186 Å². The molecule has 3 nitrogen and oxygen atoms in total. The standard InChI is InChI=1S/C27H29NO.CH4O/c1-21-25(26(21,2)3)19-28(20-29)27(22-13-7-4-8-14-22,23-15-9-5-10-16-23)24-17-11-6-12-18-24;1-2/h4-18,20-21,25H,19H2,1-3H3;2H,1H3. The van der Waals surface area contributed by atoms with Gasteiger partial charge in [-0.2, -0.15) is 0 Å². The highest BCUT2D eigenvalue weighted by Crippen LogP contribution is 2.59. The van der Waals surface area contributed by atoms with E-state index in [0.29, 0.717) is 11.8 Å². The zero-order valence-electron chi connectivity index (χ0n) is 18.9. The molecule has 0 saturated heterocycles. The van der Waals surface area contributed by atoms with Gasteiger partial charge in [0, 0.05) is 13.7 Å². The molecule has 2 unspecified atom stereocenters. The fourth-order valence-electron chi connectivity index (χ4n) is 4.92. The highest BCUT2D eigenvalue weighted by Gasteiger charge is 2.56. The maximum absolute atomic E-state index is 12.7. The van der Waals surface area contributed by atoms with Gasteiger partial charge in [-0.1, -0.05) is 112 Å². The molecule has 3 heteroatoms. The molecule has 1 fully saturated rings. The first kappa shape index (κ1) is 22.8. The van der Waals surface area contributed by atoms with Gasteiger partial charge in [-0.3, -0.25) is 4.79 Å². The van der Waals surface area contributed by atoms with E-state index in [-0.39, 0.29) is 5.41 Å². The van der Waals surface area contributed by atoms with E-state index in [1.165, 1.54) is 0 Å². The van der Waals surface area contributed by atoms with Crippen LogP contribution in [0.5, 0.6) is 0 Å². The van der Waals surface area contributed by atoms with Crippen LogP contribution < -0.4 is 0 Å². The van der Waals surface area contributed by atoms with Gasteiger partial charge in [0.15, 0.2) is 0 Å². The fraction of sp³-hybridized carbons (Fsp3) is 0.321. The van der Waals surface area contributed by atoms with Gasteiger partial charge < -0.3 is 10.0 Å². The van der Waals surface area contributed by atoms with Crippen molar-refractivity contribution in [2.75, 3.05) is 13.7 Å². The van der Waals surface area contributed by atoms with E-state index >= 15 is 0 Å². The first-order valence-electron chi connectivity index (χ1n) is 10.9. The van der Waals surface area contributed by atoms with E-state index in [9.17, 15) is 4.79 Å². The normalized spacial score (nSPS) is 19.0. The molecule has 0 radical (unpaired) electrons. The highest BCUT2D eigenvalue weighted by molar-refractivity contribution is 5.60. The van der Waals surface area contributed by atoms with Gasteiger partial charge in [-0.15, -0.1) is 0 Å². The van der Waals surface area contributed by atoms with Crippen LogP contribution in [0.1, 0.15) is 37.5 Å². The first-order chi connectivity index (χ1) is 15.0. The minimum atomic E-state index is -0.663. The summed E-state index contributed by atoms with van der Waals surface area (Å²) in [6, 6.07) is 31.3. The minimum Gasteiger partial charge on any atom is -0.400 e. The Kier molecular flexibility index (Phi) is 6.97. The number of aliphatic hydroxyl groups excluding tert-OH is 1. The smallest absolute Gasteiger partial charge is 0.210 e. The zero-order valence-corrected chi connectivity index (χ0v) is 18.9. The maximum Gasteiger partial charge on any atom is 0.210 e. The summed E-state index contributed by atoms with van der Waals surface area (Å²) in [4.78, 5) is 14.7. The quantitative estimate of drug-likeness (QED) is 0.418. The lowest BCUT2D eigenvalue weighted by atomic mass is 9.75. The lowest BCUT2D eigenvalue weighted by Gasteiger charge is -2.44. The third-order valence-corrected chi connectivity index (χ3v) is 7.15. The summed E-state index contributed by atoms with van der Waals surface area (Å²) in [6.07, 6.45) is 1.05. The number of carbonyl (C=O) groups is 1. The molecule has 31 heavy (non-hydrogen) atoms. The Morgan fingerprint density at radius 3 is 1.39 bits per heavy atom. The lowest BCUT2D eigenvalue weighted by molar-refractivity contribution is -0.122. The molecule has 0 spiro atoms. The number of nitrogens with zero attached hydrogens (tertiary/aromatic N) is 1. The Bertz CT molecular complexity index is 857. The first-order valence-corrected chi connectivity index (χ1v) is 10.9. The van der Waals surface area contributed by atoms with Crippen molar-refractivity contribution in [3.05, 3.63) is 108 Å². The molecule has 0 aromatic heterocycles. The summed E-state index contributed by atoms with van der Waals surface area (Å²) < 4.78 is 0. The number of hydrogen-bond acceptors (Lipinski definition) is 2. The third kappa shape index (κ3) is 4.03. The van der Waals surface area contributed by atoms with E-state index in [0.717, 1.165) is 36.8 Å². The van der Waals surface area contributed by atoms with Crippen LogP contribution in [0, 0.1) is 17.3 Å². The Morgan fingerprint density at radius 1 is 0.806 bits per heavy atom. The van der Waals surface area contributed by atoms with Crippen molar-refractivity contribution in [3.63, 3.8) is 0 Å². The molecule has 1 N–H and O–H groups in total. The number of amides is 1. The van der Waals surface area contributed by atoms with Crippen LogP contribution in [0.15, 0.2) is 91.0 Å². The fourth-order valence-corrected chi connectivity index (χ4v) is 4.92. The van der Waals surface area contributed by atoms with Crippen molar-refractivity contribution >= 4 is 6.41 Å². The van der Waals surface area contributed by atoms with Gasteiger partial charge in [0.05, 0.1) is 0 Å². The Hall–Kier alpha value is -2.91. The molecule has 1 aliphatic rings. The summed E-state index contributed by atoms with van der Waals surface area (Å²) in [5.74, 6) is 1.09.